The average Bonchev–Trinajstić information content (AvgIpc) is 3.96. The number of hydrogen-bond acceptors (Lipinski definition) is 7. The maximum absolute atomic E-state index is 13.8. The molecule has 354 valence electrons. The van der Waals surface area contributed by atoms with Crippen molar-refractivity contribution in [3.8, 4) is 50.7 Å². The molecule has 4 atom stereocenters. The fourth-order valence-corrected chi connectivity index (χ4v) is 10.1. The van der Waals surface area contributed by atoms with Gasteiger partial charge in [-0.25, -0.2) is 19.6 Å². The van der Waals surface area contributed by atoms with E-state index in [-0.39, 0.29) is 35.7 Å². The van der Waals surface area contributed by atoms with Gasteiger partial charge in [-0.15, -0.1) is 0 Å². The summed E-state index contributed by atoms with van der Waals surface area (Å²) in [6.07, 6.45) is 7.52. The van der Waals surface area contributed by atoms with E-state index in [9.17, 15) is 24.3 Å². The van der Waals surface area contributed by atoms with Crippen LogP contribution in [0, 0.1) is 11.8 Å². The molecular formula is C53H61N9O6. The normalized spacial score (nSPS) is 18.0. The number of alkyl carbamates (subject to hydrolysis) is 1. The number of likely N-dealkylation sites (tertiary alicyclic amines) is 2. The second kappa shape index (κ2) is 19.2. The van der Waals surface area contributed by atoms with Crippen molar-refractivity contribution >= 4 is 24.0 Å². The van der Waals surface area contributed by atoms with Crippen molar-refractivity contribution in [2.45, 2.75) is 96.3 Å². The first-order valence-electron chi connectivity index (χ1n) is 23.9. The number of aromatic nitrogens is 5. The third-order valence-corrected chi connectivity index (χ3v) is 14.0. The molecule has 3 fully saturated rings. The van der Waals surface area contributed by atoms with Crippen LogP contribution in [0.25, 0.3) is 50.7 Å². The highest BCUT2D eigenvalue weighted by Crippen LogP contribution is 2.42. The van der Waals surface area contributed by atoms with Crippen LogP contribution in [0.15, 0.2) is 97.3 Å². The van der Waals surface area contributed by atoms with Crippen LogP contribution in [0.1, 0.15) is 101 Å². The van der Waals surface area contributed by atoms with Crippen molar-refractivity contribution in [1.29, 1.82) is 0 Å². The van der Waals surface area contributed by atoms with Gasteiger partial charge in [-0.1, -0.05) is 88.4 Å². The standard InChI is InChI=1S/C53H61N9O6/c1-31(2)46(58-52(65)68-6)50(63)60-27-7-9-44(60)48-54-29-40(56-48)35-13-17-37(18-14-35)42-25-26-43(62(42)39-23-21-34(22-24-39)33-11-12-33)38-19-15-36(16-20-38)41-30-55-49(57-41)45-10-8-28-61(45)51(64)47(32(3)4)59(5)53(66)67/h13-26,29-33,44-47H,7-12,27-28H2,1-6H3,(H,54,56)(H,55,57)(H,58,65)(H,66,67)/t44-,45-,46-,47-/m0/s1. The van der Waals surface area contributed by atoms with Gasteiger partial charge in [0.05, 0.1) is 54.4 Å². The zero-order valence-electron chi connectivity index (χ0n) is 39.6. The predicted molar refractivity (Wildman–Crippen MR) is 260 cm³/mol. The quantitative estimate of drug-likeness (QED) is 0.0833. The summed E-state index contributed by atoms with van der Waals surface area (Å²) < 4.78 is 7.11. The molecule has 1 saturated carbocycles. The molecular weight excluding hydrogens is 859 g/mol. The molecule has 2 aliphatic heterocycles. The first kappa shape index (κ1) is 46.0. The van der Waals surface area contributed by atoms with Crippen LogP contribution >= 0.6 is 0 Å². The van der Waals surface area contributed by atoms with E-state index < -0.39 is 24.3 Å². The second-order valence-corrected chi connectivity index (χ2v) is 19.1. The minimum atomic E-state index is -1.12. The fourth-order valence-electron chi connectivity index (χ4n) is 10.1. The van der Waals surface area contributed by atoms with Crippen LogP contribution in [-0.4, -0.2) is 108 Å². The summed E-state index contributed by atoms with van der Waals surface area (Å²) >= 11 is 0. The average molecular weight is 920 g/mol. The molecule has 5 heterocycles. The third-order valence-electron chi connectivity index (χ3n) is 14.0. The Balaban J connectivity index is 0.955. The van der Waals surface area contributed by atoms with E-state index in [2.05, 4.69) is 105 Å². The van der Waals surface area contributed by atoms with E-state index in [1.54, 1.807) is 4.90 Å². The van der Waals surface area contributed by atoms with Crippen molar-refractivity contribution in [1.82, 2.24) is 44.5 Å². The number of likely N-dealkylation sites (N-methyl/N-ethyl adjacent to an activating group) is 1. The van der Waals surface area contributed by atoms with Crippen molar-refractivity contribution in [2.24, 2.45) is 11.8 Å². The number of carboxylic acid groups (broad SMARTS) is 1. The van der Waals surface area contributed by atoms with E-state index in [0.717, 1.165) is 87.1 Å². The molecule has 4 N–H and O–H groups in total. The molecule has 15 nitrogen and oxygen atoms in total. The maximum Gasteiger partial charge on any atom is 0.407 e. The van der Waals surface area contributed by atoms with Crippen molar-refractivity contribution in [2.75, 3.05) is 27.2 Å². The highest BCUT2D eigenvalue weighted by molar-refractivity contribution is 5.87. The minimum Gasteiger partial charge on any atom is -0.465 e. The number of imidazole rings is 2. The van der Waals surface area contributed by atoms with Gasteiger partial charge in [-0.2, -0.15) is 0 Å². The van der Waals surface area contributed by atoms with Gasteiger partial charge in [0.1, 0.15) is 23.7 Å². The summed E-state index contributed by atoms with van der Waals surface area (Å²) in [7, 11) is 2.75. The Kier molecular flexibility index (Phi) is 13.0. The van der Waals surface area contributed by atoms with Crippen molar-refractivity contribution < 1.29 is 29.0 Å². The molecule has 0 unspecified atom stereocenters. The van der Waals surface area contributed by atoms with Crippen LogP contribution in [-0.2, 0) is 14.3 Å². The molecule has 68 heavy (non-hydrogen) atoms. The largest absolute Gasteiger partial charge is 0.465 e. The molecule has 3 aliphatic rings. The molecule has 0 bridgehead atoms. The summed E-state index contributed by atoms with van der Waals surface area (Å²) in [5, 5.41) is 12.4. The van der Waals surface area contributed by atoms with Gasteiger partial charge in [0.15, 0.2) is 0 Å². The summed E-state index contributed by atoms with van der Waals surface area (Å²) in [4.78, 5) is 72.7. The summed E-state index contributed by atoms with van der Waals surface area (Å²) in [6.45, 7) is 8.69. The van der Waals surface area contributed by atoms with E-state index in [4.69, 9.17) is 14.7 Å². The molecule has 2 saturated heterocycles. The molecule has 1 aliphatic carbocycles. The molecule has 9 rings (SSSR count). The molecule has 15 heteroatoms. The number of aromatic amines is 2. The Labute approximate surface area is 396 Å². The third kappa shape index (κ3) is 9.13. The number of carbonyl (C=O) groups is 4. The van der Waals surface area contributed by atoms with E-state index in [0.29, 0.717) is 24.8 Å². The minimum absolute atomic E-state index is 0.118. The SMILES string of the molecule is COC(=O)N[C@H](C(=O)N1CCC[C@H]1c1ncc(-c2ccc(-c3ccc(-c4ccc(-c5cnc([C@@H]6CCCN6C(=O)[C@H](C(C)C)N(C)C(=O)O)[nH]5)cc4)n3-c3ccc(C4CC4)cc3)cc2)[nH]1)C(C)C. The molecule has 4 amide bonds. The lowest BCUT2D eigenvalue weighted by Crippen LogP contribution is -2.51. The highest BCUT2D eigenvalue weighted by Gasteiger charge is 2.40. The Bertz CT molecular complexity index is 2770. The predicted octanol–water partition coefficient (Wildman–Crippen LogP) is 9.81. The first-order valence-corrected chi connectivity index (χ1v) is 23.9. The number of rotatable bonds is 14. The monoisotopic (exact) mass is 919 g/mol. The van der Waals surface area contributed by atoms with Crippen LogP contribution in [0.2, 0.25) is 0 Å². The summed E-state index contributed by atoms with van der Waals surface area (Å²) in [5.41, 5.74) is 10.2. The number of H-pyrrole nitrogens is 2. The molecule has 3 aromatic heterocycles. The Morgan fingerprint density at radius 1 is 0.676 bits per heavy atom. The Morgan fingerprint density at radius 3 is 1.60 bits per heavy atom. The van der Waals surface area contributed by atoms with Crippen LogP contribution in [0.5, 0.6) is 0 Å². The Morgan fingerprint density at radius 2 is 1.16 bits per heavy atom. The molecule has 6 aromatic rings. The lowest BCUT2D eigenvalue weighted by molar-refractivity contribution is -0.138. The fraction of sp³-hybridized carbons (Fsp3) is 0.396. The van der Waals surface area contributed by atoms with E-state index in [1.807, 2.05) is 45.0 Å². The first-order chi connectivity index (χ1) is 32.8. The van der Waals surface area contributed by atoms with Crippen molar-refractivity contribution in [3.63, 3.8) is 0 Å². The van der Waals surface area contributed by atoms with Crippen LogP contribution < -0.4 is 5.32 Å². The van der Waals surface area contributed by atoms with E-state index >= 15 is 0 Å². The van der Waals surface area contributed by atoms with Gasteiger partial charge in [0.2, 0.25) is 11.8 Å². The van der Waals surface area contributed by atoms with Gasteiger partial charge < -0.3 is 39.5 Å². The number of benzene rings is 3. The molecule has 3 aromatic carbocycles. The van der Waals surface area contributed by atoms with E-state index in [1.165, 1.54) is 32.6 Å². The maximum atomic E-state index is 13.8. The lowest BCUT2D eigenvalue weighted by Gasteiger charge is -2.33. The van der Waals surface area contributed by atoms with Gasteiger partial charge in [0, 0.05) is 25.8 Å². The smallest absolute Gasteiger partial charge is 0.407 e. The number of hydrogen-bond donors (Lipinski definition) is 4. The highest BCUT2D eigenvalue weighted by atomic mass is 16.5. The van der Waals surface area contributed by atoms with Crippen LogP contribution in [0.4, 0.5) is 9.59 Å². The van der Waals surface area contributed by atoms with Gasteiger partial charge >= 0.3 is 12.2 Å². The van der Waals surface area contributed by atoms with Gasteiger partial charge in [-0.3, -0.25) is 14.5 Å². The van der Waals surface area contributed by atoms with Gasteiger partial charge in [-0.05, 0) is 108 Å². The van der Waals surface area contributed by atoms with Gasteiger partial charge in [0.25, 0.3) is 0 Å². The second-order valence-electron chi connectivity index (χ2n) is 19.1. The number of nitrogens with one attached hydrogen (secondary N) is 3. The number of carbonyl (C=O) groups excluding carboxylic acids is 3. The zero-order valence-corrected chi connectivity index (χ0v) is 39.6. The molecule has 0 radical (unpaired) electrons. The number of amides is 4. The number of ether oxygens (including phenoxy) is 1. The Hall–Kier alpha value is -7.16. The topological polar surface area (TPSA) is 182 Å². The molecule has 0 spiro atoms. The zero-order chi connectivity index (χ0) is 47.8. The van der Waals surface area contributed by atoms with Crippen molar-refractivity contribution in [3.05, 3.63) is 115 Å². The number of nitrogens with zero attached hydrogens (tertiary/aromatic N) is 6. The van der Waals surface area contributed by atoms with Crippen LogP contribution in [0.3, 0.4) is 0 Å². The summed E-state index contributed by atoms with van der Waals surface area (Å²) in [5.74, 6) is 1.42. The number of methoxy groups -OCH3 is 1. The lowest BCUT2D eigenvalue weighted by atomic mass is 10.0. The summed E-state index contributed by atoms with van der Waals surface area (Å²) in [6, 6.07) is 28.2.